The normalized spacial score (nSPS) is 26.8. The van der Waals surface area contributed by atoms with Crippen molar-refractivity contribution in [2.45, 2.75) is 44.0 Å². The van der Waals surface area contributed by atoms with Gasteiger partial charge in [0, 0.05) is 21.8 Å². The lowest BCUT2D eigenvalue weighted by molar-refractivity contribution is 0.417. The first-order valence-electron chi connectivity index (χ1n) is 6.30. The Morgan fingerprint density at radius 1 is 1.35 bits per heavy atom. The monoisotopic (exact) mass is 313 g/mol. The third-order valence-corrected chi connectivity index (χ3v) is 5.35. The molecule has 1 fully saturated rings. The number of benzene rings is 1. The molecular formula is C14H20BrNS. The number of nitrogens with one attached hydrogen (secondary N) is 1. The van der Waals surface area contributed by atoms with E-state index in [0.29, 0.717) is 12.1 Å². The number of hydrogen-bond acceptors (Lipinski definition) is 2. The van der Waals surface area contributed by atoms with Gasteiger partial charge in [0.25, 0.3) is 0 Å². The van der Waals surface area contributed by atoms with Crippen molar-refractivity contribution >= 4 is 27.7 Å². The van der Waals surface area contributed by atoms with E-state index in [1.54, 1.807) is 0 Å². The van der Waals surface area contributed by atoms with Gasteiger partial charge in [0.2, 0.25) is 0 Å². The molecule has 0 amide bonds. The Morgan fingerprint density at radius 3 is 2.71 bits per heavy atom. The van der Waals surface area contributed by atoms with Crippen LogP contribution in [0.1, 0.15) is 38.3 Å². The van der Waals surface area contributed by atoms with Crippen LogP contribution in [0.2, 0.25) is 0 Å². The standard InChI is InChI=1S/C14H20BrNS/c1-10(12-5-7-13(15)8-6-12)16-14-4-3-9-17-11(14)2/h5-8,10-11,14,16H,3-4,9H2,1-2H3/t10-,11?,14?/m1/s1. The minimum atomic E-state index is 0.439. The van der Waals surface area contributed by atoms with E-state index in [1.807, 2.05) is 0 Å². The van der Waals surface area contributed by atoms with Gasteiger partial charge in [0.05, 0.1) is 0 Å². The quantitative estimate of drug-likeness (QED) is 0.888. The van der Waals surface area contributed by atoms with Crippen LogP contribution in [-0.4, -0.2) is 17.0 Å². The van der Waals surface area contributed by atoms with Gasteiger partial charge in [-0.15, -0.1) is 0 Å². The largest absolute Gasteiger partial charge is 0.306 e. The fourth-order valence-corrected chi connectivity index (χ4v) is 3.73. The summed E-state index contributed by atoms with van der Waals surface area (Å²) in [6, 6.07) is 9.73. The number of thioether (sulfide) groups is 1. The van der Waals surface area contributed by atoms with E-state index in [9.17, 15) is 0 Å². The minimum Gasteiger partial charge on any atom is -0.306 e. The Morgan fingerprint density at radius 2 is 2.06 bits per heavy atom. The molecule has 1 nitrogen and oxygen atoms in total. The van der Waals surface area contributed by atoms with E-state index in [0.717, 1.165) is 9.72 Å². The van der Waals surface area contributed by atoms with Crippen molar-refractivity contribution < 1.29 is 0 Å². The van der Waals surface area contributed by atoms with Gasteiger partial charge in [-0.05, 0) is 43.2 Å². The second-order valence-corrected chi connectivity index (χ2v) is 7.17. The van der Waals surface area contributed by atoms with E-state index >= 15 is 0 Å². The molecule has 1 aromatic carbocycles. The summed E-state index contributed by atoms with van der Waals surface area (Å²) in [5.41, 5.74) is 1.37. The Kier molecular flexibility index (Phi) is 4.95. The summed E-state index contributed by atoms with van der Waals surface area (Å²) in [6.45, 7) is 4.60. The smallest absolute Gasteiger partial charge is 0.0294 e. The maximum Gasteiger partial charge on any atom is 0.0294 e. The number of rotatable bonds is 3. The Balaban J connectivity index is 1.95. The van der Waals surface area contributed by atoms with Crippen LogP contribution in [0.3, 0.4) is 0 Å². The SMILES string of the molecule is CC1SCCCC1N[C@H](C)c1ccc(Br)cc1. The second-order valence-electron chi connectivity index (χ2n) is 4.76. The molecule has 1 heterocycles. The summed E-state index contributed by atoms with van der Waals surface area (Å²) in [5, 5.41) is 4.51. The maximum absolute atomic E-state index is 3.77. The van der Waals surface area contributed by atoms with Gasteiger partial charge in [-0.1, -0.05) is 35.0 Å². The Labute approximate surface area is 117 Å². The molecule has 0 radical (unpaired) electrons. The van der Waals surface area contributed by atoms with Crippen molar-refractivity contribution in [3.8, 4) is 0 Å². The van der Waals surface area contributed by atoms with Crippen LogP contribution in [0.5, 0.6) is 0 Å². The van der Waals surface area contributed by atoms with Gasteiger partial charge in [0.15, 0.2) is 0 Å². The third-order valence-electron chi connectivity index (χ3n) is 3.44. The second kappa shape index (κ2) is 6.26. The lowest BCUT2D eigenvalue weighted by Gasteiger charge is -2.32. The van der Waals surface area contributed by atoms with Crippen LogP contribution in [-0.2, 0) is 0 Å². The molecule has 1 aromatic rings. The van der Waals surface area contributed by atoms with Crippen molar-refractivity contribution in [1.29, 1.82) is 0 Å². The molecular weight excluding hydrogens is 294 g/mol. The fraction of sp³-hybridized carbons (Fsp3) is 0.571. The van der Waals surface area contributed by atoms with Crippen molar-refractivity contribution in [3.05, 3.63) is 34.3 Å². The van der Waals surface area contributed by atoms with E-state index in [1.165, 1.54) is 24.2 Å². The van der Waals surface area contributed by atoms with Crippen molar-refractivity contribution in [2.75, 3.05) is 5.75 Å². The molecule has 3 heteroatoms. The van der Waals surface area contributed by atoms with E-state index in [2.05, 4.69) is 71.1 Å². The van der Waals surface area contributed by atoms with E-state index in [-0.39, 0.29) is 0 Å². The molecule has 0 spiro atoms. The van der Waals surface area contributed by atoms with Crippen LogP contribution < -0.4 is 5.32 Å². The average molecular weight is 314 g/mol. The molecule has 3 atom stereocenters. The fourth-order valence-electron chi connectivity index (χ4n) is 2.31. The highest BCUT2D eigenvalue weighted by Crippen LogP contribution is 2.27. The summed E-state index contributed by atoms with van der Waals surface area (Å²) in [4.78, 5) is 0. The van der Waals surface area contributed by atoms with Crippen LogP contribution in [0.15, 0.2) is 28.7 Å². The molecule has 1 N–H and O–H groups in total. The lowest BCUT2D eigenvalue weighted by Crippen LogP contribution is -2.40. The number of halogens is 1. The highest BCUT2D eigenvalue weighted by Gasteiger charge is 2.23. The first-order chi connectivity index (χ1) is 8.16. The summed E-state index contributed by atoms with van der Waals surface area (Å²) < 4.78 is 1.15. The molecule has 2 unspecified atom stereocenters. The summed E-state index contributed by atoms with van der Waals surface area (Å²) in [6.07, 6.45) is 2.66. The average Bonchev–Trinajstić information content (AvgIpc) is 2.33. The predicted octanol–water partition coefficient (Wildman–Crippen LogP) is 4.38. The van der Waals surface area contributed by atoms with Gasteiger partial charge in [-0.25, -0.2) is 0 Å². The molecule has 0 bridgehead atoms. The Hall–Kier alpha value is 0.01000. The van der Waals surface area contributed by atoms with Crippen LogP contribution in [0.4, 0.5) is 0 Å². The minimum absolute atomic E-state index is 0.439. The van der Waals surface area contributed by atoms with Crippen LogP contribution in [0, 0.1) is 0 Å². The molecule has 0 saturated carbocycles. The van der Waals surface area contributed by atoms with E-state index in [4.69, 9.17) is 0 Å². The van der Waals surface area contributed by atoms with E-state index < -0.39 is 0 Å². The zero-order valence-corrected chi connectivity index (χ0v) is 12.9. The molecule has 17 heavy (non-hydrogen) atoms. The highest BCUT2D eigenvalue weighted by molar-refractivity contribution is 9.10. The summed E-state index contributed by atoms with van der Waals surface area (Å²) >= 11 is 5.57. The van der Waals surface area contributed by atoms with Crippen LogP contribution >= 0.6 is 27.7 Å². The van der Waals surface area contributed by atoms with Gasteiger partial charge in [-0.3, -0.25) is 0 Å². The molecule has 94 valence electrons. The molecule has 1 aliphatic heterocycles. The van der Waals surface area contributed by atoms with Crippen molar-refractivity contribution in [2.24, 2.45) is 0 Å². The summed E-state index contributed by atoms with van der Waals surface area (Å²) in [5.74, 6) is 1.33. The summed E-state index contributed by atoms with van der Waals surface area (Å²) in [7, 11) is 0. The highest BCUT2D eigenvalue weighted by atomic mass is 79.9. The molecule has 1 saturated heterocycles. The Bertz CT molecular complexity index is 352. The van der Waals surface area contributed by atoms with Gasteiger partial charge < -0.3 is 5.32 Å². The zero-order valence-electron chi connectivity index (χ0n) is 10.4. The van der Waals surface area contributed by atoms with Gasteiger partial charge >= 0.3 is 0 Å². The molecule has 1 aliphatic rings. The number of hydrogen-bond donors (Lipinski definition) is 1. The molecule has 2 rings (SSSR count). The topological polar surface area (TPSA) is 12.0 Å². The first kappa shape index (κ1) is 13.4. The molecule has 0 aliphatic carbocycles. The lowest BCUT2D eigenvalue weighted by atomic mass is 10.0. The zero-order chi connectivity index (χ0) is 12.3. The first-order valence-corrected chi connectivity index (χ1v) is 8.14. The van der Waals surface area contributed by atoms with Crippen molar-refractivity contribution in [1.82, 2.24) is 5.32 Å². The van der Waals surface area contributed by atoms with Gasteiger partial charge in [-0.2, -0.15) is 11.8 Å². The predicted molar refractivity (Wildman–Crippen MR) is 80.6 cm³/mol. The third kappa shape index (κ3) is 3.73. The molecule has 0 aromatic heterocycles. The van der Waals surface area contributed by atoms with Crippen LogP contribution in [0.25, 0.3) is 0 Å². The van der Waals surface area contributed by atoms with Gasteiger partial charge in [0.1, 0.15) is 0 Å². The maximum atomic E-state index is 3.77. The van der Waals surface area contributed by atoms with Crippen molar-refractivity contribution in [3.63, 3.8) is 0 Å².